The number of hydrogen-bond donors (Lipinski definition) is 0. The van der Waals surface area contributed by atoms with Gasteiger partial charge in [0.1, 0.15) is 11.9 Å². The molecule has 0 spiro atoms. The highest BCUT2D eigenvalue weighted by Crippen LogP contribution is 2.44. The monoisotopic (exact) mass is 378 g/mol. The fraction of sp³-hybridized carbons (Fsp3) is 0.522. The lowest BCUT2D eigenvalue weighted by Crippen LogP contribution is -2.53. The topological polar surface area (TPSA) is 33.5 Å². The van der Waals surface area contributed by atoms with E-state index in [4.69, 9.17) is 4.74 Å². The van der Waals surface area contributed by atoms with E-state index in [0.717, 1.165) is 38.2 Å². The first-order valence-electron chi connectivity index (χ1n) is 10.7. The van der Waals surface area contributed by atoms with Crippen LogP contribution in [-0.4, -0.2) is 46.5 Å². The molecule has 2 aliphatic heterocycles. The number of rotatable bonds is 6. The second-order valence-corrected chi connectivity index (χ2v) is 8.45. The molecule has 28 heavy (non-hydrogen) atoms. The van der Waals surface area contributed by atoms with Gasteiger partial charge in [-0.05, 0) is 58.2 Å². The van der Waals surface area contributed by atoms with Crippen LogP contribution < -0.4 is 9.64 Å². The van der Waals surface area contributed by atoms with Gasteiger partial charge in [-0.1, -0.05) is 6.92 Å². The highest BCUT2D eigenvalue weighted by atomic mass is 16.5. The number of benzene rings is 1. The molecule has 3 heterocycles. The molecule has 2 aromatic rings. The van der Waals surface area contributed by atoms with Crippen LogP contribution in [0.15, 0.2) is 24.5 Å². The summed E-state index contributed by atoms with van der Waals surface area (Å²) in [6.07, 6.45) is 9.13. The zero-order valence-electron chi connectivity index (χ0n) is 17.0. The van der Waals surface area contributed by atoms with Crippen molar-refractivity contribution in [3.63, 3.8) is 0 Å². The summed E-state index contributed by atoms with van der Waals surface area (Å²) < 4.78 is 8.76. The van der Waals surface area contributed by atoms with Gasteiger partial charge in [0.15, 0.2) is 0 Å². The molecule has 1 aromatic carbocycles. The number of aromatic nitrogens is 2. The van der Waals surface area contributed by atoms with Gasteiger partial charge >= 0.3 is 0 Å². The van der Waals surface area contributed by atoms with Gasteiger partial charge in [-0.3, -0.25) is 9.58 Å². The Balaban J connectivity index is 1.53. The minimum atomic E-state index is 0.278. The Morgan fingerprint density at radius 1 is 1.25 bits per heavy atom. The maximum Gasteiger partial charge on any atom is 0.133 e. The van der Waals surface area contributed by atoms with Crippen LogP contribution in [0.25, 0.3) is 11.1 Å². The number of anilines is 1. The molecule has 3 aliphatic rings. The molecular formula is C23H30N4O. The third-order valence-corrected chi connectivity index (χ3v) is 6.49. The number of likely N-dealkylation sites (N-methyl/N-ethyl adjacent to an activating group) is 1. The molecule has 0 amide bonds. The van der Waals surface area contributed by atoms with E-state index >= 15 is 0 Å². The Kier molecular flexibility index (Phi) is 4.58. The highest BCUT2D eigenvalue weighted by Gasteiger charge is 2.32. The van der Waals surface area contributed by atoms with Crippen molar-refractivity contribution in [1.82, 2.24) is 14.7 Å². The molecule has 0 bridgehead atoms. The van der Waals surface area contributed by atoms with Crippen molar-refractivity contribution in [3.8, 4) is 16.9 Å². The molecule has 5 nitrogen and oxygen atoms in total. The van der Waals surface area contributed by atoms with Gasteiger partial charge in [0, 0.05) is 54.3 Å². The summed E-state index contributed by atoms with van der Waals surface area (Å²) in [6.45, 7) is 13.6. The van der Waals surface area contributed by atoms with Crippen LogP contribution in [0.1, 0.15) is 44.7 Å². The Morgan fingerprint density at radius 2 is 2.07 bits per heavy atom. The second kappa shape index (κ2) is 7.11. The zero-order chi connectivity index (χ0) is 19.3. The van der Waals surface area contributed by atoms with Crippen LogP contribution in [0, 0.1) is 13.5 Å². The van der Waals surface area contributed by atoms with Crippen molar-refractivity contribution in [2.45, 2.75) is 57.7 Å². The normalized spacial score (nSPS) is 22.8. The molecule has 0 unspecified atom stereocenters. The molecule has 1 saturated carbocycles. The predicted molar refractivity (Wildman–Crippen MR) is 112 cm³/mol. The third kappa shape index (κ3) is 3.10. The summed E-state index contributed by atoms with van der Waals surface area (Å²) in [5, 5.41) is 4.62. The molecule has 5 heteroatoms. The summed E-state index contributed by atoms with van der Waals surface area (Å²) in [5.41, 5.74) is 4.91. The minimum Gasteiger partial charge on any atom is -0.487 e. The fourth-order valence-electron chi connectivity index (χ4n) is 4.51. The van der Waals surface area contributed by atoms with Crippen molar-refractivity contribution in [2.75, 3.05) is 24.5 Å². The highest BCUT2D eigenvalue weighted by molar-refractivity contribution is 5.78. The Bertz CT molecular complexity index is 850. The van der Waals surface area contributed by atoms with E-state index in [2.05, 4.69) is 58.7 Å². The van der Waals surface area contributed by atoms with E-state index in [1.165, 1.54) is 35.2 Å². The predicted octanol–water partition coefficient (Wildman–Crippen LogP) is 4.10. The van der Waals surface area contributed by atoms with Crippen molar-refractivity contribution >= 4 is 5.69 Å². The van der Waals surface area contributed by atoms with Crippen LogP contribution in [-0.2, 0) is 6.42 Å². The molecule has 0 N–H and O–H groups in total. The van der Waals surface area contributed by atoms with Crippen molar-refractivity contribution in [3.05, 3.63) is 43.6 Å². The minimum absolute atomic E-state index is 0.278. The Labute approximate surface area is 168 Å². The fourth-order valence-corrected chi connectivity index (χ4v) is 4.51. The van der Waals surface area contributed by atoms with E-state index in [-0.39, 0.29) is 6.10 Å². The van der Waals surface area contributed by atoms with Crippen LogP contribution in [0.4, 0.5) is 5.69 Å². The lowest BCUT2D eigenvalue weighted by Gasteiger charge is -2.41. The molecule has 1 aromatic heterocycles. The van der Waals surface area contributed by atoms with Crippen molar-refractivity contribution in [1.29, 1.82) is 0 Å². The first-order chi connectivity index (χ1) is 13.7. The number of likely N-dealkylation sites (tertiary alicyclic amines) is 1. The van der Waals surface area contributed by atoms with E-state index in [9.17, 15) is 0 Å². The van der Waals surface area contributed by atoms with Crippen LogP contribution in [0.3, 0.4) is 0 Å². The van der Waals surface area contributed by atoms with Gasteiger partial charge in [0.05, 0.1) is 12.2 Å². The zero-order valence-corrected chi connectivity index (χ0v) is 17.0. The number of fused-ring (bicyclic) bond motifs is 1. The summed E-state index contributed by atoms with van der Waals surface area (Å²) in [7, 11) is 0. The Hall–Kier alpha value is -2.01. The molecule has 1 atom stereocenters. The number of hydrogen-bond acceptors (Lipinski definition) is 4. The SMILES string of the molecule is [CH2][CH]N1c2ccc(-c3cnn(C4CC4)c3)c(OC3CN(CC)C3)c2CC[C@@H]1C. The van der Waals surface area contributed by atoms with Gasteiger partial charge in [0.25, 0.3) is 0 Å². The van der Waals surface area contributed by atoms with E-state index in [1.807, 2.05) is 12.7 Å². The van der Waals surface area contributed by atoms with E-state index < -0.39 is 0 Å². The molecule has 1 saturated heterocycles. The molecule has 148 valence electrons. The number of ether oxygens (including phenoxy) is 1. The molecule has 5 rings (SSSR count). The van der Waals surface area contributed by atoms with Crippen LogP contribution in [0.5, 0.6) is 5.75 Å². The lowest BCUT2D eigenvalue weighted by molar-refractivity contribution is 0.0236. The molecule has 1 aliphatic carbocycles. The van der Waals surface area contributed by atoms with Crippen LogP contribution in [0.2, 0.25) is 0 Å². The van der Waals surface area contributed by atoms with Gasteiger partial charge in [-0.15, -0.1) is 0 Å². The maximum atomic E-state index is 6.64. The quantitative estimate of drug-likeness (QED) is 0.758. The first-order valence-corrected chi connectivity index (χ1v) is 10.7. The Morgan fingerprint density at radius 3 is 2.79 bits per heavy atom. The summed E-state index contributed by atoms with van der Waals surface area (Å²) in [6, 6.07) is 5.52. The molecular weight excluding hydrogens is 348 g/mol. The molecule has 2 fully saturated rings. The second-order valence-electron chi connectivity index (χ2n) is 8.45. The van der Waals surface area contributed by atoms with Gasteiger partial charge < -0.3 is 9.64 Å². The smallest absolute Gasteiger partial charge is 0.133 e. The van der Waals surface area contributed by atoms with Gasteiger partial charge in [-0.25, -0.2) is 0 Å². The summed E-state index contributed by atoms with van der Waals surface area (Å²) >= 11 is 0. The van der Waals surface area contributed by atoms with E-state index in [0.29, 0.717) is 12.1 Å². The largest absolute Gasteiger partial charge is 0.487 e. The third-order valence-electron chi connectivity index (χ3n) is 6.49. The average molecular weight is 379 g/mol. The lowest BCUT2D eigenvalue weighted by atomic mass is 9.92. The molecule has 2 radical (unpaired) electrons. The van der Waals surface area contributed by atoms with Gasteiger partial charge in [0.2, 0.25) is 0 Å². The maximum absolute atomic E-state index is 6.64. The van der Waals surface area contributed by atoms with Gasteiger partial charge in [-0.2, -0.15) is 5.10 Å². The summed E-state index contributed by atoms with van der Waals surface area (Å²) in [4.78, 5) is 4.71. The standard InChI is InChI=1S/C23H30N4O/c1-4-25-14-19(15-25)28-23-20(17-12-24-27(13-17)18-7-8-18)10-11-22-21(23)9-6-16(3)26(22)5-2/h5,10-13,16,18-19H,2,4,6-9,14-15H2,1,3H3/t16-/m0/s1. The first kappa shape index (κ1) is 18.0. The van der Waals surface area contributed by atoms with E-state index in [1.54, 1.807) is 0 Å². The average Bonchev–Trinajstić information content (AvgIpc) is 3.41. The van der Waals surface area contributed by atoms with Crippen molar-refractivity contribution in [2.24, 2.45) is 0 Å². The summed E-state index contributed by atoms with van der Waals surface area (Å²) in [5.74, 6) is 1.06. The van der Waals surface area contributed by atoms with Crippen LogP contribution >= 0.6 is 0 Å². The van der Waals surface area contributed by atoms with Crippen molar-refractivity contribution < 1.29 is 4.74 Å². The number of nitrogens with zero attached hydrogens (tertiary/aromatic N) is 4.